The van der Waals surface area contributed by atoms with Gasteiger partial charge < -0.3 is 9.67 Å². The van der Waals surface area contributed by atoms with Crippen molar-refractivity contribution in [1.29, 1.82) is 0 Å². The van der Waals surface area contributed by atoms with E-state index in [-0.39, 0.29) is 5.56 Å². The van der Waals surface area contributed by atoms with Gasteiger partial charge in [-0.05, 0) is 12.8 Å². The second-order valence-electron chi connectivity index (χ2n) is 2.64. The van der Waals surface area contributed by atoms with Gasteiger partial charge in [-0.1, -0.05) is 0 Å². The second-order valence-corrected chi connectivity index (χ2v) is 2.64. The average molecular weight is 169 g/mol. The molecule has 1 heterocycles. The van der Waals surface area contributed by atoms with Gasteiger partial charge in [-0.2, -0.15) is 0 Å². The maximum Gasteiger partial charge on any atom is 0.329 e. The Bertz CT molecular complexity index is 390. The summed E-state index contributed by atoms with van der Waals surface area (Å²) in [6.45, 7) is 1.41. The fourth-order valence-electron chi connectivity index (χ4n) is 0.993. The summed E-state index contributed by atoms with van der Waals surface area (Å²) in [5.41, 5.74) is -1.04. The lowest BCUT2D eigenvalue weighted by Crippen LogP contribution is -2.39. The molecule has 0 amide bonds. The van der Waals surface area contributed by atoms with E-state index in [1.807, 2.05) is 0 Å². The highest BCUT2D eigenvalue weighted by Crippen LogP contribution is 2.00. The van der Waals surface area contributed by atoms with Gasteiger partial charge in [0.1, 0.15) is 0 Å². The molecule has 0 unspecified atom stereocenters. The van der Waals surface area contributed by atoms with Gasteiger partial charge in [-0.15, -0.1) is 0 Å². The van der Waals surface area contributed by atoms with E-state index in [0.29, 0.717) is 0 Å². The molecule has 0 aliphatic rings. The van der Waals surface area contributed by atoms with Gasteiger partial charge in [-0.3, -0.25) is 9.36 Å². The van der Waals surface area contributed by atoms with Crippen LogP contribution in [-0.4, -0.2) is 9.13 Å². The molecule has 5 heteroatoms. The molecule has 1 rings (SSSR count). The van der Waals surface area contributed by atoms with Crippen molar-refractivity contribution in [2.24, 2.45) is 14.1 Å². The molecule has 0 saturated heterocycles. The van der Waals surface area contributed by atoms with Gasteiger partial charge in [0.2, 0.25) is 0 Å². The van der Waals surface area contributed by atoms with E-state index >= 15 is 0 Å². The van der Waals surface area contributed by atoms with Crippen LogP contribution in [0.2, 0.25) is 0 Å². The van der Waals surface area contributed by atoms with Gasteiger partial charge in [0.05, 0.1) is 0 Å². The quantitative estimate of drug-likeness (QED) is 0.473. The lowest BCUT2D eigenvalue weighted by Gasteiger charge is -2.15. The predicted octanol–water partition coefficient (Wildman–Crippen LogP) is -1.53. The predicted molar refractivity (Wildman–Crippen MR) is 41.1 cm³/mol. The minimum Gasteiger partial charge on any atom is -0.860 e. The molecule has 1 aromatic rings. The van der Waals surface area contributed by atoms with Gasteiger partial charge in [0.25, 0.3) is 5.56 Å². The highest BCUT2D eigenvalue weighted by Gasteiger charge is 2.03. The van der Waals surface area contributed by atoms with E-state index in [1.54, 1.807) is 0 Å². The number of nitrogens with zero attached hydrogens (tertiary/aromatic N) is 2. The minimum atomic E-state index is -0.587. The van der Waals surface area contributed by atoms with E-state index in [4.69, 9.17) is 0 Å². The zero-order valence-electron chi connectivity index (χ0n) is 7.12. The van der Waals surface area contributed by atoms with Crippen molar-refractivity contribution in [3.8, 4) is 5.88 Å². The Labute approximate surface area is 68.5 Å². The van der Waals surface area contributed by atoms with Crippen molar-refractivity contribution >= 4 is 0 Å². The monoisotopic (exact) mass is 169 g/mol. The van der Waals surface area contributed by atoms with Crippen LogP contribution in [0.4, 0.5) is 0 Å². The molecule has 0 N–H and O–H groups in total. The first-order chi connectivity index (χ1) is 5.46. The third-order valence-corrected chi connectivity index (χ3v) is 1.82. The Kier molecular flexibility index (Phi) is 1.79. The summed E-state index contributed by atoms with van der Waals surface area (Å²) in [7, 11) is 2.69. The van der Waals surface area contributed by atoms with Gasteiger partial charge >= 0.3 is 5.69 Å². The van der Waals surface area contributed by atoms with E-state index in [0.717, 1.165) is 9.13 Å². The summed E-state index contributed by atoms with van der Waals surface area (Å²) in [6.07, 6.45) is 0. The van der Waals surface area contributed by atoms with Crippen LogP contribution in [0, 0.1) is 6.92 Å². The van der Waals surface area contributed by atoms with E-state index in [1.165, 1.54) is 21.0 Å². The maximum atomic E-state index is 11.1. The summed E-state index contributed by atoms with van der Waals surface area (Å²) in [6, 6.07) is 0. The summed E-state index contributed by atoms with van der Waals surface area (Å²) < 4.78 is 1.83. The largest absolute Gasteiger partial charge is 0.860 e. The molecule has 12 heavy (non-hydrogen) atoms. The fraction of sp³-hybridized carbons (Fsp3) is 0.429. The van der Waals surface area contributed by atoms with Gasteiger partial charge in [0.15, 0.2) is 0 Å². The van der Waals surface area contributed by atoms with Crippen molar-refractivity contribution in [3.63, 3.8) is 0 Å². The van der Waals surface area contributed by atoms with Crippen LogP contribution < -0.4 is 16.4 Å². The standard InChI is InChI=1S/C7H10N2O3/c1-4-5(10)8(2)7(12)9(3)6(4)11/h10H,1-3H3/p-1. The van der Waals surface area contributed by atoms with Crippen molar-refractivity contribution in [2.45, 2.75) is 6.92 Å². The molecule has 0 spiro atoms. The van der Waals surface area contributed by atoms with Crippen molar-refractivity contribution in [1.82, 2.24) is 9.13 Å². The molecule has 0 radical (unpaired) electrons. The zero-order valence-corrected chi connectivity index (χ0v) is 7.12. The Morgan fingerprint density at radius 3 is 2.17 bits per heavy atom. The first-order valence-corrected chi connectivity index (χ1v) is 3.40. The highest BCUT2D eigenvalue weighted by atomic mass is 16.3. The molecule has 0 saturated carbocycles. The lowest BCUT2D eigenvalue weighted by atomic mass is 10.3. The summed E-state index contributed by atoms with van der Waals surface area (Å²) in [5, 5.41) is 11.1. The Morgan fingerprint density at radius 2 is 1.67 bits per heavy atom. The maximum absolute atomic E-state index is 11.1. The molecule has 5 nitrogen and oxygen atoms in total. The van der Waals surface area contributed by atoms with Crippen LogP contribution in [0.5, 0.6) is 5.88 Å². The molecule has 0 aliphatic heterocycles. The third-order valence-electron chi connectivity index (χ3n) is 1.82. The van der Waals surface area contributed by atoms with Crippen LogP contribution >= 0.6 is 0 Å². The summed E-state index contributed by atoms with van der Waals surface area (Å²) in [4.78, 5) is 22.2. The first-order valence-electron chi connectivity index (χ1n) is 3.40. The van der Waals surface area contributed by atoms with E-state index < -0.39 is 17.1 Å². The Morgan fingerprint density at radius 1 is 1.17 bits per heavy atom. The summed E-state index contributed by atoms with van der Waals surface area (Å²) >= 11 is 0. The summed E-state index contributed by atoms with van der Waals surface area (Å²) in [5.74, 6) is -0.525. The molecule has 1 aromatic heterocycles. The van der Waals surface area contributed by atoms with Crippen LogP contribution in [-0.2, 0) is 14.1 Å². The first kappa shape index (κ1) is 8.58. The van der Waals surface area contributed by atoms with Gasteiger partial charge in [0, 0.05) is 19.7 Å². The Hall–Kier alpha value is -1.52. The zero-order chi connectivity index (χ0) is 9.46. The third kappa shape index (κ3) is 0.939. The SMILES string of the molecule is Cc1c([O-])n(C)c(=O)n(C)c1=O. The normalized spacial score (nSPS) is 10.2. The molecule has 0 bridgehead atoms. The van der Waals surface area contributed by atoms with Crippen LogP contribution in [0.25, 0.3) is 0 Å². The van der Waals surface area contributed by atoms with E-state index in [2.05, 4.69) is 0 Å². The number of hydrogen-bond acceptors (Lipinski definition) is 3. The van der Waals surface area contributed by atoms with Crippen LogP contribution in [0.3, 0.4) is 0 Å². The van der Waals surface area contributed by atoms with Crippen molar-refractivity contribution in [2.75, 3.05) is 0 Å². The smallest absolute Gasteiger partial charge is 0.329 e. The van der Waals surface area contributed by atoms with E-state index in [9.17, 15) is 14.7 Å². The van der Waals surface area contributed by atoms with Crippen LogP contribution in [0.1, 0.15) is 5.56 Å². The van der Waals surface area contributed by atoms with Crippen molar-refractivity contribution < 1.29 is 5.11 Å². The molecule has 0 aliphatic carbocycles. The molecule has 0 fully saturated rings. The average Bonchev–Trinajstić information content (AvgIpc) is 2.08. The number of rotatable bonds is 0. The van der Waals surface area contributed by atoms with Crippen molar-refractivity contribution in [3.05, 3.63) is 26.4 Å². The minimum absolute atomic E-state index is 0.0691. The Balaban J connectivity index is 3.86. The number of hydrogen-bond donors (Lipinski definition) is 0. The number of aromatic nitrogens is 2. The molecule has 0 aromatic carbocycles. The molecular formula is C7H9N2O3-. The molecular weight excluding hydrogens is 160 g/mol. The fourth-order valence-corrected chi connectivity index (χ4v) is 0.993. The molecule has 0 atom stereocenters. The lowest BCUT2D eigenvalue weighted by molar-refractivity contribution is -0.280. The van der Waals surface area contributed by atoms with Gasteiger partial charge in [-0.25, -0.2) is 4.79 Å². The second kappa shape index (κ2) is 2.51. The van der Waals surface area contributed by atoms with Crippen LogP contribution in [0.15, 0.2) is 9.59 Å². The topological polar surface area (TPSA) is 67.1 Å². The molecule has 66 valence electrons. The highest BCUT2D eigenvalue weighted by molar-refractivity contribution is 5.19.